The zero-order valence-corrected chi connectivity index (χ0v) is 11.1. The van der Waals surface area contributed by atoms with Crippen LogP contribution in [0.5, 0.6) is 0 Å². The number of aliphatic carboxylic acids is 2. The van der Waals surface area contributed by atoms with E-state index in [0.717, 1.165) is 6.66 Å². The first-order valence-electron chi connectivity index (χ1n) is 5.65. The van der Waals surface area contributed by atoms with Crippen molar-refractivity contribution < 1.29 is 33.8 Å². The summed E-state index contributed by atoms with van der Waals surface area (Å²) in [5.74, 6) is -2.12. The molecule has 0 heterocycles. The maximum atomic E-state index is 10.9. The van der Waals surface area contributed by atoms with Crippen LogP contribution >= 0.6 is 7.60 Å². The maximum Gasteiger partial charge on any atom is 0.333 e. The minimum atomic E-state index is -3.81. The number of rotatable bonds is 10. The third-order valence-corrected chi connectivity index (χ3v) is 2.85. The monoisotopic (exact) mass is 282 g/mol. The molecule has 0 aliphatic carbocycles. The summed E-state index contributed by atoms with van der Waals surface area (Å²) in [6.45, 7) is 0.940. The number of hydrogen-bond acceptors (Lipinski definition) is 4. The molecule has 0 radical (unpaired) electrons. The normalized spacial score (nSPS) is 15.9. The SMILES string of the molecule is CP(=O)(O)OC(CCCCCCC(=O)O)C(=O)O. The third kappa shape index (κ3) is 10.3. The van der Waals surface area contributed by atoms with Gasteiger partial charge in [0.2, 0.25) is 0 Å². The van der Waals surface area contributed by atoms with E-state index in [9.17, 15) is 14.2 Å². The summed E-state index contributed by atoms with van der Waals surface area (Å²) in [7, 11) is -3.81. The quantitative estimate of drug-likeness (QED) is 0.411. The van der Waals surface area contributed by atoms with E-state index in [1.807, 2.05) is 0 Å². The molecular weight excluding hydrogens is 263 g/mol. The summed E-state index contributed by atoms with van der Waals surface area (Å²) >= 11 is 0. The van der Waals surface area contributed by atoms with Gasteiger partial charge in [-0.2, -0.15) is 0 Å². The van der Waals surface area contributed by atoms with Crippen LogP contribution in [-0.4, -0.2) is 39.8 Å². The lowest BCUT2D eigenvalue weighted by molar-refractivity contribution is -0.145. The Labute approximate surface area is 105 Å². The molecule has 0 amide bonds. The molecule has 0 rings (SSSR count). The van der Waals surface area contributed by atoms with Gasteiger partial charge in [-0.3, -0.25) is 13.9 Å². The van der Waals surface area contributed by atoms with Gasteiger partial charge in [0.25, 0.3) is 0 Å². The van der Waals surface area contributed by atoms with E-state index in [-0.39, 0.29) is 12.8 Å². The van der Waals surface area contributed by atoms with Gasteiger partial charge in [0.05, 0.1) is 0 Å². The summed E-state index contributed by atoms with van der Waals surface area (Å²) in [6.07, 6.45) is 1.35. The van der Waals surface area contributed by atoms with Gasteiger partial charge in [-0.1, -0.05) is 19.3 Å². The molecule has 0 aliphatic heterocycles. The van der Waals surface area contributed by atoms with E-state index in [4.69, 9.17) is 15.1 Å². The maximum absolute atomic E-state index is 10.9. The molecule has 0 fully saturated rings. The van der Waals surface area contributed by atoms with Crippen LogP contribution in [0.15, 0.2) is 0 Å². The van der Waals surface area contributed by atoms with E-state index in [1.54, 1.807) is 0 Å². The number of carboxylic acids is 2. The van der Waals surface area contributed by atoms with Crippen molar-refractivity contribution in [2.45, 2.75) is 44.6 Å². The average molecular weight is 282 g/mol. The molecule has 106 valence electrons. The molecule has 0 spiro atoms. The molecule has 0 aromatic rings. The molecule has 0 bridgehead atoms. The van der Waals surface area contributed by atoms with Gasteiger partial charge < -0.3 is 15.1 Å². The van der Waals surface area contributed by atoms with Crippen molar-refractivity contribution in [1.29, 1.82) is 0 Å². The first-order chi connectivity index (χ1) is 8.22. The van der Waals surface area contributed by atoms with Crippen LogP contribution in [0.2, 0.25) is 0 Å². The molecular formula is C10H19O7P. The number of carbonyl (C=O) groups is 2. The minimum absolute atomic E-state index is 0.0969. The molecule has 0 saturated heterocycles. The highest BCUT2D eigenvalue weighted by Crippen LogP contribution is 2.39. The van der Waals surface area contributed by atoms with E-state index < -0.39 is 25.6 Å². The zero-order valence-electron chi connectivity index (χ0n) is 10.2. The Kier molecular flexibility index (Phi) is 7.82. The fourth-order valence-corrected chi connectivity index (χ4v) is 2.08. The highest BCUT2D eigenvalue weighted by Gasteiger charge is 2.25. The second-order valence-electron chi connectivity index (χ2n) is 4.08. The van der Waals surface area contributed by atoms with E-state index in [1.165, 1.54) is 0 Å². The number of hydrogen-bond donors (Lipinski definition) is 3. The van der Waals surface area contributed by atoms with Crippen molar-refractivity contribution in [2.24, 2.45) is 0 Å². The van der Waals surface area contributed by atoms with E-state index in [0.29, 0.717) is 25.7 Å². The molecule has 8 heteroatoms. The summed E-state index contributed by atoms with van der Waals surface area (Å²) in [6, 6.07) is 0. The van der Waals surface area contributed by atoms with Crippen LogP contribution in [-0.2, 0) is 18.7 Å². The summed E-state index contributed by atoms with van der Waals surface area (Å²) < 4.78 is 15.5. The van der Waals surface area contributed by atoms with Gasteiger partial charge in [0, 0.05) is 13.1 Å². The molecule has 0 saturated carbocycles. The lowest BCUT2D eigenvalue weighted by Crippen LogP contribution is -2.22. The van der Waals surface area contributed by atoms with Crippen LogP contribution in [0.1, 0.15) is 38.5 Å². The largest absolute Gasteiger partial charge is 0.481 e. The third-order valence-electron chi connectivity index (χ3n) is 2.21. The summed E-state index contributed by atoms with van der Waals surface area (Å²) in [5.41, 5.74) is 0. The predicted molar refractivity (Wildman–Crippen MR) is 63.6 cm³/mol. The lowest BCUT2D eigenvalue weighted by atomic mass is 10.1. The fraction of sp³-hybridized carbons (Fsp3) is 0.800. The smallest absolute Gasteiger partial charge is 0.333 e. The van der Waals surface area contributed by atoms with Crippen LogP contribution in [0.4, 0.5) is 0 Å². The highest BCUT2D eigenvalue weighted by atomic mass is 31.2. The Morgan fingerprint density at radius 1 is 1.17 bits per heavy atom. The van der Waals surface area contributed by atoms with Gasteiger partial charge in [-0.05, 0) is 12.8 Å². The Balaban J connectivity index is 3.82. The van der Waals surface area contributed by atoms with Crippen molar-refractivity contribution in [3.8, 4) is 0 Å². The van der Waals surface area contributed by atoms with E-state index >= 15 is 0 Å². The Morgan fingerprint density at radius 3 is 2.17 bits per heavy atom. The lowest BCUT2D eigenvalue weighted by Gasteiger charge is -2.15. The standard InChI is InChI=1S/C10H19O7P/c1-18(15,16)17-8(10(13)14)6-4-2-3-5-7-9(11)12/h8H,2-7H2,1H3,(H,11,12)(H,13,14)(H,15,16). The molecule has 2 unspecified atom stereocenters. The van der Waals surface area contributed by atoms with Crippen molar-refractivity contribution in [3.63, 3.8) is 0 Å². The van der Waals surface area contributed by atoms with Crippen molar-refractivity contribution >= 4 is 19.5 Å². The summed E-state index contributed by atoms with van der Waals surface area (Å²) in [4.78, 5) is 29.9. The fourth-order valence-electron chi connectivity index (χ4n) is 1.42. The van der Waals surface area contributed by atoms with Crippen molar-refractivity contribution in [2.75, 3.05) is 6.66 Å². The molecule has 2 atom stereocenters. The van der Waals surface area contributed by atoms with Gasteiger partial charge in [0.1, 0.15) is 0 Å². The van der Waals surface area contributed by atoms with Crippen LogP contribution in [0.3, 0.4) is 0 Å². The van der Waals surface area contributed by atoms with Crippen LogP contribution < -0.4 is 0 Å². The zero-order chi connectivity index (χ0) is 14.2. The van der Waals surface area contributed by atoms with Crippen molar-refractivity contribution in [3.05, 3.63) is 0 Å². The van der Waals surface area contributed by atoms with E-state index in [2.05, 4.69) is 4.52 Å². The Hall–Kier alpha value is -0.910. The second-order valence-corrected chi connectivity index (χ2v) is 5.90. The van der Waals surface area contributed by atoms with Crippen LogP contribution in [0.25, 0.3) is 0 Å². The molecule has 18 heavy (non-hydrogen) atoms. The van der Waals surface area contributed by atoms with Gasteiger partial charge in [-0.15, -0.1) is 0 Å². The second kappa shape index (κ2) is 8.24. The first-order valence-corrected chi connectivity index (χ1v) is 7.68. The molecule has 0 aromatic heterocycles. The topological polar surface area (TPSA) is 121 Å². The molecule has 0 aromatic carbocycles. The average Bonchev–Trinajstić information content (AvgIpc) is 2.18. The molecule has 0 aliphatic rings. The molecule has 7 nitrogen and oxygen atoms in total. The van der Waals surface area contributed by atoms with Crippen LogP contribution in [0, 0.1) is 0 Å². The molecule has 3 N–H and O–H groups in total. The minimum Gasteiger partial charge on any atom is -0.481 e. The van der Waals surface area contributed by atoms with Gasteiger partial charge in [0.15, 0.2) is 6.10 Å². The highest BCUT2D eigenvalue weighted by molar-refractivity contribution is 7.51. The Morgan fingerprint density at radius 2 is 1.72 bits per heavy atom. The van der Waals surface area contributed by atoms with Gasteiger partial charge >= 0.3 is 19.5 Å². The first kappa shape index (κ1) is 17.1. The number of carboxylic acid groups (broad SMARTS) is 2. The van der Waals surface area contributed by atoms with Crippen molar-refractivity contribution in [1.82, 2.24) is 0 Å². The van der Waals surface area contributed by atoms with Gasteiger partial charge in [-0.25, -0.2) is 4.79 Å². The summed E-state index contributed by atoms with van der Waals surface area (Å²) in [5, 5.41) is 17.2. The predicted octanol–water partition coefficient (Wildman–Crippen LogP) is 1.70. The Bertz CT molecular complexity index is 322. The number of unbranched alkanes of at least 4 members (excludes halogenated alkanes) is 3.